The Bertz CT molecular complexity index is 409. The van der Waals surface area contributed by atoms with Gasteiger partial charge in [-0.25, -0.2) is 0 Å². The van der Waals surface area contributed by atoms with Gasteiger partial charge >= 0.3 is 0 Å². The Labute approximate surface area is 140 Å². The highest BCUT2D eigenvalue weighted by Crippen LogP contribution is 2.24. The first-order valence-corrected chi connectivity index (χ1v) is 8.04. The van der Waals surface area contributed by atoms with Gasteiger partial charge in [0.25, 0.3) is 0 Å². The average molecular weight is 330 g/mol. The van der Waals surface area contributed by atoms with Crippen molar-refractivity contribution in [2.24, 2.45) is 11.1 Å². The lowest BCUT2D eigenvalue weighted by Crippen LogP contribution is -2.65. The Morgan fingerprint density at radius 2 is 1.65 bits per heavy atom. The Balaban J connectivity index is 4.58. The van der Waals surface area contributed by atoms with Gasteiger partial charge < -0.3 is 25.7 Å². The first kappa shape index (κ1) is 22.0. The summed E-state index contributed by atoms with van der Waals surface area (Å²) in [5, 5.41) is 12.5. The van der Waals surface area contributed by atoms with E-state index in [0.717, 1.165) is 6.29 Å². The molecule has 23 heavy (non-hydrogen) atoms. The number of carbonyl (C=O) groups is 2. The zero-order valence-electron chi connectivity index (χ0n) is 15.7. The second-order valence-corrected chi connectivity index (χ2v) is 8.30. The Morgan fingerprint density at radius 1 is 1.13 bits per heavy atom. The van der Waals surface area contributed by atoms with Crippen LogP contribution in [-0.4, -0.2) is 40.8 Å². The summed E-state index contributed by atoms with van der Waals surface area (Å²) in [6.07, 6.45) is 2.02. The van der Waals surface area contributed by atoms with E-state index in [2.05, 4.69) is 5.32 Å². The van der Waals surface area contributed by atoms with Crippen molar-refractivity contribution in [1.82, 2.24) is 5.32 Å². The maximum Gasteiger partial charge on any atom is 0.220 e. The number of ether oxygens (including phenoxy) is 1. The summed E-state index contributed by atoms with van der Waals surface area (Å²) in [6, 6.07) is 0. The summed E-state index contributed by atoms with van der Waals surface area (Å²) >= 11 is 0. The quantitative estimate of drug-likeness (QED) is 0.418. The molecule has 6 heteroatoms. The second kappa shape index (κ2) is 7.73. The highest BCUT2D eigenvalue weighted by atomic mass is 16.5. The van der Waals surface area contributed by atoms with Crippen LogP contribution >= 0.6 is 0 Å². The maximum absolute atomic E-state index is 12.1. The molecule has 0 aromatic rings. The number of amides is 1. The van der Waals surface area contributed by atoms with Gasteiger partial charge in [-0.1, -0.05) is 13.8 Å². The van der Waals surface area contributed by atoms with Crippen molar-refractivity contribution in [3.63, 3.8) is 0 Å². The molecule has 0 rings (SSSR count). The maximum atomic E-state index is 12.1. The zero-order chi connectivity index (χ0) is 18.5. The standard InChI is InChI=1S/C17H34N2O4/c1-14(2,12-20)10-11-23-17(7,18)16(5,6)19-13(21)8-9-15(3,4)22/h12,22H,8-11,18H2,1-7H3,(H,19,21). The van der Waals surface area contributed by atoms with E-state index in [1.807, 2.05) is 13.8 Å². The molecule has 1 amide bonds. The molecule has 6 nitrogen and oxygen atoms in total. The molecule has 0 aromatic carbocycles. The van der Waals surface area contributed by atoms with Crippen molar-refractivity contribution >= 4 is 12.2 Å². The molecule has 0 aliphatic carbocycles. The van der Waals surface area contributed by atoms with Crippen molar-refractivity contribution in [2.75, 3.05) is 6.61 Å². The molecule has 0 saturated carbocycles. The number of hydrogen-bond donors (Lipinski definition) is 3. The van der Waals surface area contributed by atoms with E-state index in [4.69, 9.17) is 10.5 Å². The van der Waals surface area contributed by atoms with Crippen LogP contribution in [0.2, 0.25) is 0 Å². The van der Waals surface area contributed by atoms with Crippen LogP contribution in [-0.2, 0) is 14.3 Å². The number of aldehydes is 1. The molecule has 1 unspecified atom stereocenters. The van der Waals surface area contributed by atoms with E-state index in [0.29, 0.717) is 19.4 Å². The third kappa shape index (κ3) is 8.44. The van der Waals surface area contributed by atoms with Gasteiger partial charge in [0.1, 0.15) is 12.0 Å². The lowest BCUT2D eigenvalue weighted by molar-refractivity contribution is -0.133. The van der Waals surface area contributed by atoms with Crippen LogP contribution in [0.4, 0.5) is 0 Å². The van der Waals surface area contributed by atoms with Gasteiger partial charge in [-0.2, -0.15) is 0 Å². The summed E-state index contributed by atoms with van der Waals surface area (Å²) in [4.78, 5) is 23.0. The van der Waals surface area contributed by atoms with Crippen molar-refractivity contribution in [1.29, 1.82) is 0 Å². The molecule has 0 spiro atoms. The predicted octanol–water partition coefficient (Wildman–Crippen LogP) is 1.74. The molecular weight excluding hydrogens is 296 g/mol. The fourth-order valence-corrected chi connectivity index (χ4v) is 1.72. The molecule has 4 N–H and O–H groups in total. The van der Waals surface area contributed by atoms with Crippen molar-refractivity contribution in [3.05, 3.63) is 0 Å². The van der Waals surface area contributed by atoms with Crippen LogP contribution in [0.3, 0.4) is 0 Å². The van der Waals surface area contributed by atoms with Crippen LogP contribution < -0.4 is 11.1 Å². The van der Waals surface area contributed by atoms with E-state index in [9.17, 15) is 14.7 Å². The smallest absolute Gasteiger partial charge is 0.220 e. The molecule has 1 atom stereocenters. The molecule has 0 aliphatic rings. The number of hydrogen-bond acceptors (Lipinski definition) is 5. The minimum absolute atomic E-state index is 0.189. The summed E-state index contributed by atoms with van der Waals surface area (Å²) < 4.78 is 5.73. The van der Waals surface area contributed by atoms with Crippen molar-refractivity contribution in [2.45, 2.75) is 84.6 Å². The van der Waals surface area contributed by atoms with Crippen LogP contribution in [0.5, 0.6) is 0 Å². The number of nitrogens with one attached hydrogen (secondary N) is 1. The third-order valence-corrected chi connectivity index (χ3v) is 4.12. The largest absolute Gasteiger partial charge is 0.390 e. The number of nitrogens with two attached hydrogens (primary N) is 1. The Kier molecular flexibility index (Phi) is 7.40. The highest BCUT2D eigenvalue weighted by Gasteiger charge is 2.40. The summed E-state index contributed by atoms with van der Waals surface area (Å²) in [5.74, 6) is -0.189. The second-order valence-electron chi connectivity index (χ2n) is 8.30. The molecule has 0 saturated heterocycles. The molecule has 0 heterocycles. The van der Waals surface area contributed by atoms with Crippen molar-refractivity contribution < 1.29 is 19.4 Å². The number of rotatable bonds is 10. The molecule has 0 aliphatic heterocycles. The molecule has 0 aromatic heterocycles. The summed E-state index contributed by atoms with van der Waals surface area (Å²) in [5.41, 5.74) is 2.99. The topological polar surface area (TPSA) is 102 Å². The van der Waals surface area contributed by atoms with Crippen molar-refractivity contribution in [3.8, 4) is 0 Å². The predicted molar refractivity (Wildman–Crippen MR) is 90.8 cm³/mol. The van der Waals surface area contributed by atoms with Gasteiger partial charge in [-0.3, -0.25) is 4.79 Å². The molecule has 136 valence electrons. The molecule has 0 radical (unpaired) electrons. The number of aliphatic hydroxyl groups is 1. The third-order valence-electron chi connectivity index (χ3n) is 4.12. The average Bonchev–Trinajstić information content (AvgIpc) is 2.34. The fourth-order valence-electron chi connectivity index (χ4n) is 1.72. The first-order chi connectivity index (χ1) is 10.1. The monoisotopic (exact) mass is 330 g/mol. The first-order valence-electron chi connectivity index (χ1n) is 8.04. The molecule has 0 fully saturated rings. The van der Waals surface area contributed by atoms with E-state index in [1.54, 1.807) is 34.6 Å². The Hall–Kier alpha value is -0.980. The van der Waals surface area contributed by atoms with Gasteiger partial charge in [0.05, 0.1) is 11.1 Å². The van der Waals surface area contributed by atoms with Gasteiger partial charge in [0, 0.05) is 18.4 Å². The Morgan fingerprint density at radius 3 is 2.09 bits per heavy atom. The van der Waals surface area contributed by atoms with Gasteiger partial charge in [-0.05, 0) is 47.5 Å². The van der Waals surface area contributed by atoms with E-state index < -0.39 is 22.3 Å². The minimum Gasteiger partial charge on any atom is -0.390 e. The summed E-state index contributed by atoms with van der Waals surface area (Å²) in [6.45, 7) is 12.6. The van der Waals surface area contributed by atoms with Crippen LogP contribution in [0.1, 0.15) is 67.7 Å². The zero-order valence-corrected chi connectivity index (χ0v) is 15.7. The lowest BCUT2D eigenvalue weighted by atomic mass is 9.90. The van der Waals surface area contributed by atoms with Gasteiger partial charge in [-0.15, -0.1) is 0 Å². The lowest BCUT2D eigenvalue weighted by Gasteiger charge is -2.42. The van der Waals surface area contributed by atoms with E-state index in [1.165, 1.54) is 0 Å². The molecule has 0 bridgehead atoms. The summed E-state index contributed by atoms with van der Waals surface area (Å²) in [7, 11) is 0. The van der Waals surface area contributed by atoms with E-state index in [-0.39, 0.29) is 12.3 Å². The van der Waals surface area contributed by atoms with Crippen LogP contribution in [0.25, 0.3) is 0 Å². The number of carbonyl (C=O) groups excluding carboxylic acids is 2. The SMILES string of the molecule is CC(C)(O)CCC(=O)NC(C)(C)C(C)(N)OCCC(C)(C)C=O. The van der Waals surface area contributed by atoms with E-state index >= 15 is 0 Å². The molecular formula is C17H34N2O4. The minimum atomic E-state index is -1.09. The van der Waals surface area contributed by atoms with Crippen LogP contribution in [0, 0.1) is 5.41 Å². The van der Waals surface area contributed by atoms with Crippen LogP contribution in [0.15, 0.2) is 0 Å². The van der Waals surface area contributed by atoms with Gasteiger partial charge in [0.2, 0.25) is 5.91 Å². The highest BCUT2D eigenvalue weighted by molar-refractivity contribution is 5.77. The normalized spacial score (nSPS) is 15.9. The fraction of sp³-hybridized carbons (Fsp3) is 0.882. The van der Waals surface area contributed by atoms with Gasteiger partial charge in [0.15, 0.2) is 0 Å².